The Kier molecular flexibility index (Phi) is 6.28. The SMILES string of the molecule is CC(C)(C)OC(=O)N1CC[C@H](N(C(=O)c2cccc(C#N)c2)c2ncccc2Cl)C1. The van der Waals surface area contributed by atoms with Gasteiger partial charge in [0.2, 0.25) is 0 Å². The van der Waals surface area contributed by atoms with Gasteiger partial charge >= 0.3 is 6.09 Å². The van der Waals surface area contributed by atoms with Crippen LogP contribution in [0.3, 0.4) is 0 Å². The molecule has 0 radical (unpaired) electrons. The predicted octanol–water partition coefficient (Wildman–Crippen LogP) is 4.26. The Labute approximate surface area is 180 Å². The lowest BCUT2D eigenvalue weighted by atomic mass is 10.1. The van der Waals surface area contributed by atoms with Crippen LogP contribution < -0.4 is 4.90 Å². The third-order valence-corrected chi connectivity index (χ3v) is 4.90. The van der Waals surface area contributed by atoms with Gasteiger partial charge in [-0.25, -0.2) is 9.78 Å². The van der Waals surface area contributed by atoms with Crippen molar-refractivity contribution in [2.75, 3.05) is 18.0 Å². The highest BCUT2D eigenvalue weighted by molar-refractivity contribution is 6.33. The van der Waals surface area contributed by atoms with E-state index in [0.717, 1.165) is 0 Å². The van der Waals surface area contributed by atoms with Gasteiger partial charge in [-0.3, -0.25) is 9.69 Å². The molecule has 1 fully saturated rings. The average Bonchev–Trinajstić information content (AvgIpc) is 3.18. The number of rotatable bonds is 3. The van der Waals surface area contributed by atoms with Crippen LogP contribution in [0, 0.1) is 11.3 Å². The molecule has 0 aliphatic carbocycles. The highest BCUT2D eigenvalue weighted by Gasteiger charge is 2.37. The van der Waals surface area contributed by atoms with Crippen LogP contribution in [-0.4, -0.2) is 46.6 Å². The van der Waals surface area contributed by atoms with Crippen LogP contribution in [0.1, 0.15) is 43.1 Å². The summed E-state index contributed by atoms with van der Waals surface area (Å²) in [6.07, 6.45) is 1.69. The molecule has 0 spiro atoms. The number of likely N-dealkylation sites (tertiary alicyclic amines) is 1. The molecule has 1 aliphatic rings. The van der Waals surface area contributed by atoms with Gasteiger partial charge in [0.05, 0.1) is 22.7 Å². The molecule has 156 valence electrons. The van der Waals surface area contributed by atoms with Gasteiger partial charge in [-0.2, -0.15) is 5.26 Å². The molecule has 3 rings (SSSR count). The molecule has 7 nitrogen and oxygen atoms in total. The van der Waals surface area contributed by atoms with E-state index in [9.17, 15) is 14.9 Å². The molecular weight excluding hydrogens is 404 g/mol. The first-order chi connectivity index (χ1) is 14.2. The van der Waals surface area contributed by atoms with Crippen molar-refractivity contribution in [3.63, 3.8) is 0 Å². The van der Waals surface area contributed by atoms with Gasteiger partial charge in [0.15, 0.2) is 5.82 Å². The monoisotopic (exact) mass is 426 g/mol. The third kappa shape index (κ3) is 4.89. The van der Waals surface area contributed by atoms with E-state index < -0.39 is 11.7 Å². The fourth-order valence-electron chi connectivity index (χ4n) is 3.30. The quantitative estimate of drug-likeness (QED) is 0.731. The van der Waals surface area contributed by atoms with Gasteiger partial charge in [-0.05, 0) is 57.5 Å². The molecule has 2 aromatic rings. The van der Waals surface area contributed by atoms with Crippen molar-refractivity contribution in [2.45, 2.75) is 38.8 Å². The molecular formula is C22H23ClN4O3. The Morgan fingerprint density at radius 3 is 2.73 bits per heavy atom. The van der Waals surface area contributed by atoms with Crippen LogP contribution in [0.25, 0.3) is 0 Å². The minimum absolute atomic E-state index is 0.297. The zero-order valence-electron chi connectivity index (χ0n) is 17.1. The Balaban J connectivity index is 1.92. The van der Waals surface area contributed by atoms with E-state index in [0.29, 0.717) is 41.5 Å². The van der Waals surface area contributed by atoms with Crippen molar-refractivity contribution < 1.29 is 14.3 Å². The van der Waals surface area contributed by atoms with Crippen LogP contribution in [0.4, 0.5) is 10.6 Å². The third-order valence-electron chi connectivity index (χ3n) is 4.60. The number of hydrogen-bond acceptors (Lipinski definition) is 5. The van der Waals surface area contributed by atoms with Gasteiger partial charge in [-0.1, -0.05) is 17.7 Å². The molecule has 0 bridgehead atoms. The van der Waals surface area contributed by atoms with Gasteiger partial charge < -0.3 is 9.64 Å². The summed E-state index contributed by atoms with van der Waals surface area (Å²) in [5, 5.41) is 9.51. The first-order valence-electron chi connectivity index (χ1n) is 9.62. The molecule has 2 heterocycles. The van der Waals surface area contributed by atoms with E-state index in [4.69, 9.17) is 16.3 Å². The lowest BCUT2D eigenvalue weighted by Gasteiger charge is -2.29. The number of ether oxygens (including phenoxy) is 1. The van der Waals surface area contributed by atoms with E-state index >= 15 is 0 Å². The summed E-state index contributed by atoms with van der Waals surface area (Å²) in [5.41, 5.74) is 0.133. The number of aromatic nitrogens is 1. The topological polar surface area (TPSA) is 86.5 Å². The number of nitriles is 1. The summed E-state index contributed by atoms with van der Waals surface area (Å²) < 4.78 is 5.46. The first-order valence-corrected chi connectivity index (χ1v) is 9.99. The summed E-state index contributed by atoms with van der Waals surface area (Å²) in [6, 6.07) is 11.5. The Morgan fingerprint density at radius 1 is 1.30 bits per heavy atom. The van der Waals surface area contributed by atoms with Crippen molar-refractivity contribution in [3.8, 4) is 6.07 Å². The molecule has 8 heteroatoms. The van der Waals surface area contributed by atoms with E-state index in [1.807, 2.05) is 26.8 Å². The van der Waals surface area contributed by atoms with Gasteiger partial charge in [0.25, 0.3) is 5.91 Å². The fraction of sp³-hybridized carbons (Fsp3) is 0.364. The predicted molar refractivity (Wildman–Crippen MR) is 113 cm³/mol. The molecule has 1 aromatic heterocycles. The number of carbonyl (C=O) groups excluding carboxylic acids is 2. The summed E-state index contributed by atoms with van der Waals surface area (Å²) in [7, 11) is 0. The van der Waals surface area contributed by atoms with E-state index in [2.05, 4.69) is 4.98 Å². The Bertz CT molecular complexity index is 996. The van der Waals surface area contributed by atoms with Crippen molar-refractivity contribution >= 4 is 29.4 Å². The molecule has 1 saturated heterocycles. The standard InChI is InChI=1S/C22H23ClN4O3/c1-22(2,3)30-21(29)26-11-9-17(14-26)27(19-18(23)8-5-10-25-19)20(28)16-7-4-6-15(12-16)13-24/h4-8,10,12,17H,9,11,14H2,1-3H3/t17-/m0/s1. The number of nitrogens with zero attached hydrogens (tertiary/aromatic N) is 4. The number of pyridine rings is 1. The number of anilines is 1. The molecule has 30 heavy (non-hydrogen) atoms. The van der Waals surface area contributed by atoms with Crippen LogP contribution in [0.5, 0.6) is 0 Å². The van der Waals surface area contributed by atoms with Crippen molar-refractivity contribution in [1.29, 1.82) is 5.26 Å². The molecule has 0 saturated carbocycles. The van der Waals surface area contributed by atoms with Crippen molar-refractivity contribution in [2.24, 2.45) is 0 Å². The molecule has 1 aliphatic heterocycles. The summed E-state index contributed by atoms with van der Waals surface area (Å²) in [4.78, 5) is 33.3. The van der Waals surface area contributed by atoms with Gasteiger partial charge in [0.1, 0.15) is 5.60 Å². The molecule has 1 aromatic carbocycles. The number of halogens is 1. The highest BCUT2D eigenvalue weighted by Crippen LogP contribution is 2.30. The Morgan fingerprint density at radius 2 is 2.07 bits per heavy atom. The second kappa shape index (κ2) is 8.72. The lowest BCUT2D eigenvalue weighted by molar-refractivity contribution is 0.0291. The molecule has 0 N–H and O–H groups in total. The summed E-state index contributed by atoms with van der Waals surface area (Å²) in [5.74, 6) is -0.00805. The minimum Gasteiger partial charge on any atom is -0.444 e. The second-order valence-corrected chi connectivity index (χ2v) is 8.45. The van der Waals surface area contributed by atoms with Gasteiger partial charge in [-0.15, -0.1) is 0 Å². The van der Waals surface area contributed by atoms with Crippen LogP contribution in [0.15, 0.2) is 42.6 Å². The number of carbonyl (C=O) groups is 2. The smallest absolute Gasteiger partial charge is 0.410 e. The minimum atomic E-state index is -0.604. The number of amides is 2. The van der Waals surface area contributed by atoms with Gasteiger partial charge in [0, 0.05) is 24.8 Å². The summed E-state index contributed by atoms with van der Waals surface area (Å²) >= 11 is 6.36. The van der Waals surface area contributed by atoms with Crippen LogP contribution in [-0.2, 0) is 4.74 Å². The van der Waals surface area contributed by atoms with Crippen LogP contribution in [0.2, 0.25) is 5.02 Å². The maximum absolute atomic E-state index is 13.4. The zero-order valence-corrected chi connectivity index (χ0v) is 17.9. The maximum atomic E-state index is 13.4. The average molecular weight is 427 g/mol. The van der Waals surface area contributed by atoms with Crippen molar-refractivity contribution in [1.82, 2.24) is 9.88 Å². The fourth-order valence-corrected chi connectivity index (χ4v) is 3.51. The lowest BCUT2D eigenvalue weighted by Crippen LogP contribution is -2.44. The summed E-state index contributed by atoms with van der Waals surface area (Å²) in [6.45, 7) is 6.18. The van der Waals surface area contributed by atoms with E-state index in [-0.39, 0.29) is 11.9 Å². The van der Waals surface area contributed by atoms with Crippen LogP contribution >= 0.6 is 11.6 Å². The maximum Gasteiger partial charge on any atom is 0.410 e. The van der Waals surface area contributed by atoms with E-state index in [1.54, 1.807) is 41.4 Å². The highest BCUT2D eigenvalue weighted by atomic mass is 35.5. The molecule has 2 amide bonds. The normalized spacial score (nSPS) is 16.1. The van der Waals surface area contributed by atoms with Crippen molar-refractivity contribution in [3.05, 3.63) is 58.7 Å². The number of hydrogen-bond donors (Lipinski definition) is 0. The van der Waals surface area contributed by atoms with E-state index in [1.165, 1.54) is 11.0 Å². The second-order valence-electron chi connectivity index (χ2n) is 8.05. The zero-order chi connectivity index (χ0) is 21.9. The molecule has 1 atom stereocenters. The number of benzene rings is 1. The first kappa shape index (κ1) is 21.6. The Hall–Kier alpha value is -3.11. The largest absolute Gasteiger partial charge is 0.444 e. The molecule has 0 unspecified atom stereocenters.